The van der Waals surface area contributed by atoms with Crippen molar-refractivity contribution in [2.24, 2.45) is 5.92 Å². The largest absolute Gasteiger partial charge is 0.461 e. The molecule has 21 heavy (non-hydrogen) atoms. The van der Waals surface area contributed by atoms with E-state index in [4.69, 9.17) is 4.42 Å². The Morgan fingerprint density at radius 3 is 2.86 bits per heavy atom. The quantitative estimate of drug-likeness (QED) is 0.846. The summed E-state index contributed by atoms with van der Waals surface area (Å²) < 4.78 is 5.73. The van der Waals surface area contributed by atoms with Crippen LogP contribution in [0.1, 0.15) is 42.2 Å². The number of H-pyrrole nitrogens is 1. The van der Waals surface area contributed by atoms with Crippen LogP contribution in [0.3, 0.4) is 0 Å². The fourth-order valence-electron chi connectivity index (χ4n) is 2.43. The van der Waals surface area contributed by atoms with Crippen LogP contribution < -0.4 is 5.32 Å². The number of amides is 1. The molecule has 1 fully saturated rings. The van der Waals surface area contributed by atoms with E-state index < -0.39 is 0 Å². The van der Waals surface area contributed by atoms with Crippen molar-refractivity contribution in [3.8, 4) is 0 Å². The monoisotopic (exact) mass is 285 g/mol. The molecule has 2 aromatic heterocycles. The Balaban J connectivity index is 1.63. The Morgan fingerprint density at radius 1 is 1.48 bits per heavy atom. The Labute approximate surface area is 123 Å². The molecule has 2 N–H and O–H groups in total. The molecule has 0 bridgehead atoms. The fraction of sp³-hybridized carbons (Fsp3) is 0.375. The van der Waals surface area contributed by atoms with E-state index in [9.17, 15) is 4.79 Å². The lowest BCUT2D eigenvalue weighted by molar-refractivity contribution is -0.111. The number of aryl methyl sites for hydroxylation is 2. The smallest absolute Gasteiger partial charge is 0.248 e. The average molecular weight is 285 g/mol. The molecule has 1 saturated carbocycles. The summed E-state index contributed by atoms with van der Waals surface area (Å²) in [5.74, 6) is 2.80. The van der Waals surface area contributed by atoms with Crippen molar-refractivity contribution in [2.75, 3.05) is 5.32 Å². The van der Waals surface area contributed by atoms with Crippen molar-refractivity contribution in [3.05, 3.63) is 41.1 Å². The number of carbonyl (C=O) groups is 1. The van der Waals surface area contributed by atoms with E-state index in [1.807, 2.05) is 26.0 Å². The van der Waals surface area contributed by atoms with Crippen molar-refractivity contribution >= 4 is 17.7 Å². The number of nitrogens with zero attached hydrogens (tertiary/aromatic N) is 1. The first-order valence-corrected chi connectivity index (χ1v) is 7.15. The number of furan rings is 1. The van der Waals surface area contributed by atoms with Crippen LogP contribution in [0.25, 0.3) is 6.08 Å². The van der Waals surface area contributed by atoms with Crippen molar-refractivity contribution < 1.29 is 9.21 Å². The summed E-state index contributed by atoms with van der Waals surface area (Å²) >= 11 is 0. The van der Waals surface area contributed by atoms with Crippen LogP contribution in [0.5, 0.6) is 0 Å². The van der Waals surface area contributed by atoms with Gasteiger partial charge in [-0.1, -0.05) is 6.92 Å². The highest BCUT2D eigenvalue weighted by Gasteiger charge is 2.36. The van der Waals surface area contributed by atoms with Gasteiger partial charge in [-0.15, -0.1) is 0 Å². The van der Waals surface area contributed by atoms with Crippen molar-refractivity contribution in [1.82, 2.24) is 10.2 Å². The van der Waals surface area contributed by atoms with Crippen LogP contribution in [0.2, 0.25) is 0 Å². The minimum Gasteiger partial charge on any atom is -0.461 e. The van der Waals surface area contributed by atoms with Gasteiger partial charge in [-0.25, -0.2) is 0 Å². The second-order valence-electron chi connectivity index (χ2n) is 5.69. The molecule has 2 unspecified atom stereocenters. The summed E-state index contributed by atoms with van der Waals surface area (Å²) in [5.41, 5.74) is 2.35. The Hall–Kier alpha value is -2.30. The van der Waals surface area contributed by atoms with Crippen molar-refractivity contribution in [3.63, 3.8) is 0 Å². The number of aromatic amines is 1. The van der Waals surface area contributed by atoms with Crippen LogP contribution in [0.4, 0.5) is 5.69 Å². The summed E-state index contributed by atoms with van der Waals surface area (Å²) in [4.78, 5) is 11.9. The third-order valence-corrected chi connectivity index (χ3v) is 3.90. The molecular weight excluding hydrogens is 266 g/mol. The lowest BCUT2D eigenvalue weighted by Crippen LogP contribution is -2.09. The molecule has 0 spiro atoms. The number of carbonyl (C=O) groups excluding carboxylic acids is 1. The highest BCUT2D eigenvalue weighted by Crippen LogP contribution is 2.47. The molecule has 5 heteroatoms. The summed E-state index contributed by atoms with van der Waals surface area (Å²) in [6, 6.07) is 3.90. The number of hydrogen-bond acceptors (Lipinski definition) is 3. The van der Waals surface area contributed by atoms with E-state index in [2.05, 4.69) is 22.4 Å². The number of anilines is 1. The first-order chi connectivity index (χ1) is 10.0. The zero-order chi connectivity index (χ0) is 15.0. The first kappa shape index (κ1) is 13.7. The molecule has 2 heterocycles. The predicted octanol–water partition coefficient (Wildman–Crippen LogP) is 3.39. The van der Waals surface area contributed by atoms with Gasteiger partial charge in [0.1, 0.15) is 11.5 Å². The molecule has 2 aromatic rings. The maximum atomic E-state index is 11.9. The predicted molar refractivity (Wildman–Crippen MR) is 81.0 cm³/mol. The topological polar surface area (TPSA) is 70.9 Å². The lowest BCUT2D eigenvalue weighted by Gasteiger charge is -2.00. The summed E-state index contributed by atoms with van der Waals surface area (Å²) in [6.07, 6.45) is 4.36. The third kappa shape index (κ3) is 2.91. The molecule has 3 rings (SSSR count). The SMILES string of the molecule is Cc1n[nH]c(C)c1NC(=O)/C=C/c1ccc(C2CC2C)o1. The van der Waals surface area contributed by atoms with Gasteiger partial charge >= 0.3 is 0 Å². The maximum absolute atomic E-state index is 11.9. The van der Waals surface area contributed by atoms with E-state index >= 15 is 0 Å². The average Bonchev–Trinajstić information content (AvgIpc) is 2.87. The van der Waals surface area contributed by atoms with Crippen LogP contribution in [-0.2, 0) is 4.79 Å². The molecule has 110 valence electrons. The molecule has 5 nitrogen and oxygen atoms in total. The molecule has 0 saturated heterocycles. The fourth-order valence-corrected chi connectivity index (χ4v) is 2.43. The van der Waals surface area contributed by atoms with Gasteiger partial charge in [0.05, 0.1) is 17.1 Å². The maximum Gasteiger partial charge on any atom is 0.248 e. The van der Waals surface area contributed by atoms with E-state index in [1.165, 1.54) is 12.5 Å². The number of rotatable bonds is 4. The van der Waals surface area contributed by atoms with Crippen molar-refractivity contribution in [2.45, 2.75) is 33.1 Å². The second-order valence-corrected chi connectivity index (χ2v) is 5.69. The highest BCUT2D eigenvalue weighted by atomic mass is 16.3. The van der Waals surface area contributed by atoms with Crippen LogP contribution in [-0.4, -0.2) is 16.1 Å². The minimum atomic E-state index is -0.194. The van der Waals surface area contributed by atoms with Crippen LogP contribution >= 0.6 is 0 Å². The van der Waals surface area contributed by atoms with Gasteiger partial charge in [0.25, 0.3) is 0 Å². The molecule has 1 aliphatic carbocycles. The van der Waals surface area contributed by atoms with Gasteiger partial charge in [-0.2, -0.15) is 5.10 Å². The molecule has 0 aromatic carbocycles. The van der Waals surface area contributed by atoms with Crippen LogP contribution in [0, 0.1) is 19.8 Å². The summed E-state index contributed by atoms with van der Waals surface area (Å²) in [7, 11) is 0. The summed E-state index contributed by atoms with van der Waals surface area (Å²) in [6.45, 7) is 5.93. The van der Waals surface area contributed by atoms with E-state index in [0.29, 0.717) is 17.6 Å². The van der Waals surface area contributed by atoms with Crippen LogP contribution in [0.15, 0.2) is 22.6 Å². The Kier molecular flexibility index (Phi) is 3.41. The number of hydrogen-bond donors (Lipinski definition) is 2. The van der Waals surface area contributed by atoms with Gasteiger partial charge in [-0.05, 0) is 44.4 Å². The zero-order valence-corrected chi connectivity index (χ0v) is 12.4. The van der Waals surface area contributed by atoms with E-state index in [1.54, 1.807) is 6.08 Å². The number of aromatic nitrogens is 2. The van der Waals surface area contributed by atoms with Crippen molar-refractivity contribution in [1.29, 1.82) is 0 Å². The molecule has 0 radical (unpaired) electrons. The van der Waals surface area contributed by atoms with E-state index in [-0.39, 0.29) is 5.91 Å². The lowest BCUT2D eigenvalue weighted by atomic mass is 10.3. The molecular formula is C16H19N3O2. The zero-order valence-electron chi connectivity index (χ0n) is 12.4. The standard InChI is InChI=1S/C16H19N3O2/c1-9-8-13(9)14-6-4-12(21-14)5-7-15(20)17-16-10(2)18-19-11(16)3/h4-7,9,13H,8H2,1-3H3,(H,17,20)(H,18,19)/b7-5+. The summed E-state index contributed by atoms with van der Waals surface area (Å²) in [5, 5.41) is 9.69. The minimum absolute atomic E-state index is 0.194. The van der Waals surface area contributed by atoms with Gasteiger partial charge in [0.2, 0.25) is 5.91 Å². The molecule has 0 aliphatic heterocycles. The first-order valence-electron chi connectivity index (χ1n) is 7.15. The van der Waals surface area contributed by atoms with Gasteiger partial charge in [-0.3, -0.25) is 9.89 Å². The second kappa shape index (κ2) is 5.24. The van der Waals surface area contributed by atoms with E-state index in [0.717, 1.165) is 22.8 Å². The number of nitrogens with one attached hydrogen (secondary N) is 2. The normalized spacial score (nSPS) is 20.9. The Bertz CT molecular complexity index is 677. The third-order valence-electron chi connectivity index (χ3n) is 3.90. The molecule has 1 amide bonds. The highest BCUT2D eigenvalue weighted by molar-refractivity contribution is 6.02. The van der Waals surface area contributed by atoms with Gasteiger partial charge in [0.15, 0.2) is 0 Å². The molecule has 2 atom stereocenters. The van der Waals surface area contributed by atoms with Gasteiger partial charge < -0.3 is 9.73 Å². The molecule has 1 aliphatic rings. The van der Waals surface area contributed by atoms with Gasteiger partial charge in [0, 0.05) is 12.0 Å². The Morgan fingerprint density at radius 2 is 2.24 bits per heavy atom.